The fourth-order valence-electron chi connectivity index (χ4n) is 2.87. The van der Waals surface area contributed by atoms with Gasteiger partial charge < -0.3 is 10.0 Å². The van der Waals surface area contributed by atoms with Gasteiger partial charge in [0.25, 0.3) is 5.69 Å². The number of aryl methyl sites for hydroxylation is 1. The lowest BCUT2D eigenvalue weighted by Gasteiger charge is -2.32. The van der Waals surface area contributed by atoms with Gasteiger partial charge in [0.05, 0.1) is 16.5 Å². The zero-order valence-electron chi connectivity index (χ0n) is 11.8. The maximum atomic E-state index is 11.0. The highest BCUT2D eigenvalue weighted by molar-refractivity contribution is 5.93. The number of aliphatic hydroxyl groups is 1. The highest BCUT2D eigenvalue weighted by atomic mass is 16.6. The van der Waals surface area contributed by atoms with Crippen molar-refractivity contribution < 1.29 is 10.0 Å². The van der Waals surface area contributed by atoms with Crippen molar-refractivity contribution in [3.8, 4) is 0 Å². The summed E-state index contributed by atoms with van der Waals surface area (Å²) < 4.78 is 0. The second-order valence-corrected chi connectivity index (χ2v) is 5.48. The van der Waals surface area contributed by atoms with Crippen LogP contribution in [-0.4, -0.2) is 34.2 Å². The number of aliphatic hydroxyl groups excluding tert-OH is 1. The number of anilines is 1. The average molecular weight is 287 g/mol. The van der Waals surface area contributed by atoms with Crippen molar-refractivity contribution in [3.63, 3.8) is 0 Å². The van der Waals surface area contributed by atoms with Gasteiger partial charge in [-0.3, -0.25) is 15.1 Å². The van der Waals surface area contributed by atoms with Gasteiger partial charge in [0.15, 0.2) is 0 Å². The summed E-state index contributed by atoms with van der Waals surface area (Å²) in [5, 5.41) is 21.6. The third-order valence-electron chi connectivity index (χ3n) is 3.85. The Morgan fingerprint density at radius 1 is 1.43 bits per heavy atom. The molecule has 2 aromatic rings. The first-order chi connectivity index (χ1) is 10.0. The Kier molecular flexibility index (Phi) is 3.47. The van der Waals surface area contributed by atoms with Crippen LogP contribution in [0.1, 0.15) is 18.5 Å². The number of rotatable bonds is 2. The van der Waals surface area contributed by atoms with Crippen molar-refractivity contribution in [2.45, 2.75) is 25.9 Å². The molecule has 1 N–H and O–H groups in total. The van der Waals surface area contributed by atoms with Crippen molar-refractivity contribution in [1.82, 2.24) is 4.98 Å². The van der Waals surface area contributed by atoms with Gasteiger partial charge in [0.1, 0.15) is 0 Å². The summed E-state index contributed by atoms with van der Waals surface area (Å²) >= 11 is 0. The highest BCUT2D eigenvalue weighted by Gasteiger charge is 2.21. The molecule has 0 bridgehead atoms. The third-order valence-corrected chi connectivity index (χ3v) is 3.85. The number of non-ortho nitro benzene ring substituents is 1. The molecule has 0 spiro atoms. The van der Waals surface area contributed by atoms with E-state index in [-0.39, 0.29) is 11.8 Å². The molecule has 0 amide bonds. The van der Waals surface area contributed by atoms with E-state index in [1.165, 1.54) is 6.07 Å². The Hall–Kier alpha value is -2.21. The number of hydrogen-bond donors (Lipinski definition) is 1. The lowest BCUT2D eigenvalue weighted by atomic mass is 10.0. The summed E-state index contributed by atoms with van der Waals surface area (Å²) in [7, 11) is 0. The van der Waals surface area contributed by atoms with Crippen LogP contribution in [0.15, 0.2) is 24.3 Å². The van der Waals surface area contributed by atoms with E-state index in [1.54, 1.807) is 12.1 Å². The number of fused-ring (bicyclic) bond motifs is 1. The molecule has 110 valence electrons. The molecule has 1 atom stereocenters. The number of hydrogen-bond acceptors (Lipinski definition) is 5. The number of β-amino-alcohol motifs (C(OH)–C–C–N with tert-alkyl or cyclic N) is 1. The summed E-state index contributed by atoms with van der Waals surface area (Å²) in [6.07, 6.45) is 1.37. The largest absolute Gasteiger partial charge is 0.391 e. The quantitative estimate of drug-likeness (QED) is 0.677. The smallest absolute Gasteiger partial charge is 0.270 e. The van der Waals surface area contributed by atoms with E-state index in [9.17, 15) is 15.2 Å². The van der Waals surface area contributed by atoms with Crippen LogP contribution in [0.25, 0.3) is 10.9 Å². The van der Waals surface area contributed by atoms with E-state index < -0.39 is 4.92 Å². The lowest BCUT2D eigenvalue weighted by molar-refractivity contribution is -0.384. The Morgan fingerprint density at radius 3 is 2.95 bits per heavy atom. The zero-order valence-corrected chi connectivity index (χ0v) is 11.8. The Balaban J connectivity index is 2.14. The molecular formula is C15H17N3O3. The number of pyridine rings is 1. The van der Waals surface area contributed by atoms with Gasteiger partial charge in [-0.2, -0.15) is 0 Å². The first-order valence-electron chi connectivity index (χ1n) is 7.03. The first-order valence-corrected chi connectivity index (χ1v) is 7.03. The molecule has 1 unspecified atom stereocenters. The van der Waals surface area contributed by atoms with Crippen molar-refractivity contribution >= 4 is 22.3 Å². The number of aromatic nitrogens is 1. The lowest BCUT2D eigenvalue weighted by Crippen LogP contribution is -2.38. The van der Waals surface area contributed by atoms with Crippen LogP contribution in [0.4, 0.5) is 11.4 Å². The fraction of sp³-hybridized carbons (Fsp3) is 0.400. The summed E-state index contributed by atoms with van der Waals surface area (Å²) in [6.45, 7) is 3.31. The topological polar surface area (TPSA) is 79.5 Å². The van der Waals surface area contributed by atoms with Crippen LogP contribution in [0.5, 0.6) is 0 Å². The van der Waals surface area contributed by atoms with Gasteiger partial charge in [-0.05, 0) is 31.9 Å². The molecule has 0 radical (unpaired) electrons. The van der Waals surface area contributed by atoms with Crippen molar-refractivity contribution in [2.75, 3.05) is 18.0 Å². The molecule has 1 aromatic carbocycles. The summed E-state index contributed by atoms with van der Waals surface area (Å²) in [6, 6.07) is 6.66. The van der Waals surface area contributed by atoms with E-state index in [0.717, 1.165) is 41.7 Å². The Bertz CT molecular complexity index is 702. The summed E-state index contributed by atoms with van der Waals surface area (Å²) in [5.41, 5.74) is 2.59. The molecule has 1 aromatic heterocycles. The molecule has 0 aliphatic carbocycles. The molecular weight excluding hydrogens is 270 g/mol. The normalized spacial score (nSPS) is 19.0. The monoisotopic (exact) mass is 287 g/mol. The van der Waals surface area contributed by atoms with Crippen LogP contribution >= 0.6 is 0 Å². The Morgan fingerprint density at radius 2 is 2.24 bits per heavy atom. The number of nitrogens with zero attached hydrogens (tertiary/aromatic N) is 3. The van der Waals surface area contributed by atoms with Gasteiger partial charge in [-0.1, -0.05) is 0 Å². The van der Waals surface area contributed by atoms with Crippen LogP contribution < -0.4 is 4.90 Å². The SMILES string of the molecule is Cc1cc(N2CCCC(O)C2)c2cc([N+](=O)[O-])ccc2n1. The predicted molar refractivity (Wildman–Crippen MR) is 80.6 cm³/mol. The second-order valence-electron chi connectivity index (χ2n) is 5.48. The van der Waals surface area contributed by atoms with Crippen LogP contribution in [0.2, 0.25) is 0 Å². The first kappa shape index (κ1) is 13.8. The minimum Gasteiger partial charge on any atom is -0.391 e. The van der Waals surface area contributed by atoms with Crippen molar-refractivity contribution in [1.29, 1.82) is 0 Å². The number of nitro groups is 1. The van der Waals surface area contributed by atoms with Crippen LogP contribution in [0, 0.1) is 17.0 Å². The van der Waals surface area contributed by atoms with Gasteiger partial charge in [0.2, 0.25) is 0 Å². The molecule has 2 heterocycles. The maximum Gasteiger partial charge on any atom is 0.270 e. The molecule has 3 rings (SSSR count). The summed E-state index contributed by atoms with van der Waals surface area (Å²) in [5.74, 6) is 0. The number of piperidine rings is 1. The van der Waals surface area contributed by atoms with E-state index in [1.807, 2.05) is 13.0 Å². The molecule has 1 saturated heterocycles. The predicted octanol–water partition coefficient (Wildman–Crippen LogP) is 2.41. The van der Waals surface area contributed by atoms with E-state index in [4.69, 9.17) is 0 Å². The van der Waals surface area contributed by atoms with E-state index in [2.05, 4.69) is 9.88 Å². The van der Waals surface area contributed by atoms with E-state index >= 15 is 0 Å². The Labute approximate surface area is 122 Å². The van der Waals surface area contributed by atoms with E-state index in [0.29, 0.717) is 6.54 Å². The van der Waals surface area contributed by atoms with Crippen LogP contribution in [0.3, 0.4) is 0 Å². The van der Waals surface area contributed by atoms with Crippen LogP contribution in [-0.2, 0) is 0 Å². The molecule has 1 fully saturated rings. The van der Waals surface area contributed by atoms with Gasteiger partial charge in [-0.25, -0.2) is 0 Å². The molecule has 6 heteroatoms. The zero-order chi connectivity index (χ0) is 15.0. The molecule has 0 saturated carbocycles. The third kappa shape index (κ3) is 2.67. The molecule has 21 heavy (non-hydrogen) atoms. The maximum absolute atomic E-state index is 11.0. The van der Waals surface area contributed by atoms with Gasteiger partial charge >= 0.3 is 0 Å². The number of benzene rings is 1. The van der Waals surface area contributed by atoms with Gasteiger partial charge in [0, 0.05) is 42.0 Å². The fourth-order valence-corrected chi connectivity index (χ4v) is 2.87. The van der Waals surface area contributed by atoms with Crippen molar-refractivity contribution in [2.24, 2.45) is 0 Å². The van der Waals surface area contributed by atoms with Gasteiger partial charge in [-0.15, -0.1) is 0 Å². The standard InChI is InChI=1S/C15H17N3O3/c1-10-7-15(17-6-2-3-12(19)9-17)13-8-11(18(20)21)4-5-14(13)16-10/h4-5,7-8,12,19H,2-3,6,9H2,1H3. The minimum atomic E-state index is -0.395. The second kappa shape index (κ2) is 5.29. The molecule has 1 aliphatic rings. The highest BCUT2D eigenvalue weighted by Crippen LogP contribution is 2.31. The molecule has 6 nitrogen and oxygen atoms in total. The minimum absolute atomic E-state index is 0.0620. The summed E-state index contributed by atoms with van der Waals surface area (Å²) in [4.78, 5) is 17.1. The number of nitro benzene ring substituents is 1. The van der Waals surface area contributed by atoms with Crippen molar-refractivity contribution in [3.05, 3.63) is 40.1 Å². The molecule has 1 aliphatic heterocycles. The average Bonchev–Trinajstić information content (AvgIpc) is 2.45.